The number of aromatic nitrogens is 5. The van der Waals surface area contributed by atoms with Gasteiger partial charge in [-0.25, -0.2) is 4.45 Å². The summed E-state index contributed by atoms with van der Waals surface area (Å²) in [5.74, 6) is 0. The van der Waals surface area contributed by atoms with E-state index in [-0.39, 0.29) is 5.56 Å². The van der Waals surface area contributed by atoms with Crippen molar-refractivity contribution in [2.24, 2.45) is 7.05 Å². The average molecular weight is 457 g/mol. The quantitative estimate of drug-likeness (QED) is 0.474. The highest BCUT2D eigenvalue weighted by atomic mass is 127. The predicted molar refractivity (Wildman–Crippen MR) is 111 cm³/mol. The van der Waals surface area contributed by atoms with Gasteiger partial charge in [0.15, 0.2) is 0 Å². The van der Waals surface area contributed by atoms with Crippen LogP contribution in [0.2, 0.25) is 0 Å². The second kappa shape index (κ2) is 7.61. The highest BCUT2D eigenvalue weighted by Gasteiger charge is 2.18. The molecule has 3 aromatic rings. The molecule has 0 bridgehead atoms. The minimum absolute atomic E-state index is 0.0768. The van der Waals surface area contributed by atoms with E-state index in [9.17, 15) is 4.79 Å². The molecule has 0 saturated carbocycles. The first-order valence-corrected chi connectivity index (χ1v) is 11.7. The highest BCUT2D eigenvalue weighted by Crippen LogP contribution is 2.34. The summed E-state index contributed by atoms with van der Waals surface area (Å²) in [6.45, 7) is 11.7. The zero-order chi connectivity index (χ0) is 18.0. The standard InChI is InChI=1S/C14H15IN5OP.C2H6/c1-5-10-9-6-11(12-7(2)17-19(4)14(12)21)16-8(3)13(9)20(18-10)22-15;1-2/h5-6,17,22H,1H2,2-4H3;1-2H3. The Kier molecular flexibility index (Phi) is 5.98. The van der Waals surface area contributed by atoms with E-state index in [1.54, 1.807) is 13.1 Å². The van der Waals surface area contributed by atoms with Crippen LogP contribution in [0.5, 0.6) is 0 Å². The van der Waals surface area contributed by atoms with Gasteiger partial charge in [-0.15, -0.1) is 0 Å². The van der Waals surface area contributed by atoms with E-state index in [1.807, 2.05) is 38.2 Å². The van der Waals surface area contributed by atoms with Crippen molar-refractivity contribution in [1.29, 1.82) is 0 Å². The molecule has 24 heavy (non-hydrogen) atoms. The molecule has 1 atom stereocenters. The molecule has 3 aromatic heterocycles. The summed E-state index contributed by atoms with van der Waals surface area (Å²) >= 11 is 2.29. The Morgan fingerprint density at radius 3 is 2.54 bits per heavy atom. The molecule has 3 rings (SSSR count). The molecule has 0 aliphatic heterocycles. The number of hydrogen-bond donors (Lipinski definition) is 1. The number of fused-ring (bicyclic) bond motifs is 1. The molecule has 3 heterocycles. The van der Waals surface area contributed by atoms with Crippen molar-refractivity contribution in [2.45, 2.75) is 27.7 Å². The first-order chi connectivity index (χ1) is 11.5. The lowest BCUT2D eigenvalue weighted by atomic mass is 10.1. The van der Waals surface area contributed by atoms with E-state index < -0.39 is 0 Å². The molecule has 0 radical (unpaired) electrons. The molecule has 0 aliphatic carbocycles. The first-order valence-electron chi connectivity index (χ1n) is 7.63. The summed E-state index contributed by atoms with van der Waals surface area (Å²) < 4.78 is 3.40. The third-order valence-electron chi connectivity index (χ3n) is 3.62. The number of pyridine rings is 1. The molecular weight excluding hydrogens is 436 g/mol. The highest BCUT2D eigenvalue weighted by molar-refractivity contribution is 14.2. The molecule has 128 valence electrons. The number of H-pyrrole nitrogens is 1. The molecule has 0 fully saturated rings. The summed E-state index contributed by atoms with van der Waals surface area (Å²) in [7, 11) is 1.70. The van der Waals surface area contributed by atoms with Gasteiger partial charge in [0, 0.05) is 18.1 Å². The van der Waals surface area contributed by atoms with E-state index >= 15 is 0 Å². The fourth-order valence-corrected chi connectivity index (χ4v) is 4.23. The van der Waals surface area contributed by atoms with Gasteiger partial charge in [-0.1, -0.05) is 20.4 Å². The Balaban J connectivity index is 0.00000100. The third kappa shape index (κ3) is 3.07. The monoisotopic (exact) mass is 457 g/mol. The number of halogens is 1. The van der Waals surface area contributed by atoms with Crippen molar-refractivity contribution >= 4 is 45.4 Å². The van der Waals surface area contributed by atoms with Crippen LogP contribution in [-0.4, -0.2) is 24.3 Å². The van der Waals surface area contributed by atoms with Crippen molar-refractivity contribution in [3.8, 4) is 11.3 Å². The Morgan fingerprint density at radius 1 is 1.38 bits per heavy atom. The molecule has 0 amide bonds. The molecule has 1 unspecified atom stereocenters. The van der Waals surface area contributed by atoms with E-state index in [1.165, 1.54) is 4.68 Å². The van der Waals surface area contributed by atoms with E-state index in [0.29, 0.717) is 17.6 Å². The summed E-state index contributed by atoms with van der Waals surface area (Å²) in [6, 6.07) is 1.93. The van der Waals surface area contributed by atoms with Gasteiger partial charge in [-0.2, -0.15) is 5.10 Å². The van der Waals surface area contributed by atoms with Crippen LogP contribution in [0.4, 0.5) is 0 Å². The van der Waals surface area contributed by atoms with Gasteiger partial charge in [0.2, 0.25) is 0 Å². The van der Waals surface area contributed by atoms with Crippen LogP contribution in [0.1, 0.15) is 30.9 Å². The largest absolute Gasteiger partial charge is 0.300 e. The Bertz CT molecular complexity index is 954. The molecular formula is C16H21IN5OP. The SMILES string of the molecule is C=Cc1nn(PI)c2c(C)nc(-c3c(C)[nH]n(C)c3=O)cc12.CC. The van der Waals surface area contributed by atoms with Crippen molar-refractivity contribution in [3.63, 3.8) is 0 Å². The summed E-state index contributed by atoms with van der Waals surface area (Å²) in [5.41, 5.74) is 4.68. The van der Waals surface area contributed by atoms with Gasteiger partial charge < -0.3 is 0 Å². The molecule has 0 aromatic carbocycles. The molecule has 1 N–H and O–H groups in total. The number of nitrogens with one attached hydrogen (secondary N) is 1. The first kappa shape index (κ1) is 18.9. The topological polar surface area (TPSA) is 68.5 Å². The number of nitrogens with zero attached hydrogens (tertiary/aromatic N) is 4. The lowest BCUT2D eigenvalue weighted by Gasteiger charge is -2.04. The number of aromatic amines is 1. The lowest BCUT2D eigenvalue weighted by molar-refractivity contribution is 0.731. The molecule has 6 nitrogen and oxygen atoms in total. The van der Waals surface area contributed by atoms with Crippen LogP contribution in [0.25, 0.3) is 28.2 Å². The Hall–Kier alpha value is -1.47. The van der Waals surface area contributed by atoms with Gasteiger partial charge in [0.1, 0.15) is 0 Å². The van der Waals surface area contributed by atoms with E-state index in [0.717, 1.165) is 28.0 Å². The van der Waals surface area contributed by atoms with Gasteiger partial charge in [-0.05, 0) is 48.0 Å². The lowest BCUT2D eigenvalue weighted by Crippen LogP contribution is -2.13. The van der Waals surface area contributed by atoms with Crippen LogP contribution >= 0.6 is 28.4 Å². The Labute approximate surface area is 155 Å². The minimum atomic E-state index is -0.0768. The van der Waals surface area contributed by atoms with Gasteiger partial charge in [-0.3, -0.25) is 19.6 Å². The second-order valence-electron chi connectivity index (χ2n) is 5.05. The summed E-state index contributed by atoms with van der Waals surface area (Å²) in [6.07, 6.45) is 2.22. The molecule has 0 saturated heterocycles. The third-order valence-corrected chi connectivity index (χ3v) is 5.48. The van der Waals surface area contributed by atoms with Gasteiger partial charge in [0.05, 0.1) is 34.5 Å². The number of rotatable bonds is 3. The number of aryl methyl sites for hydroxylation is 3. The maximum absolute atomic E-state index is 12.3. The van der Waals surface area contributed by atoms with Gasteiger partial charge in [0.25, 0.3) is 5.56 Å². The second-order valence-corrected chi connectivity index (χ2v) is 7.09. The predicted octanol–water partition coefficient (Wildman–Crippen LogP) is 4.20. The molecule has 8 heteroatoms. The fraction of sp³-hybridized carbons (Fsp3) is 0.312. The van der Waals surface area contributed by atoms with Crippen molar-refractivity contribution in [3.05, 3.63) is 40.1 Å². The smallest absolute Gasteiger partial charge is 0.275 e. The maximum Gasteiger partial charge on any atom is 0.275 e. The van der Waals surface area contributed by atoms with Crippen LogP contribution in [0.3, 0.4) is 0 Å². The zero-order valence-electron chi connectivity index (χ0n) is 14.4. The normalized spacial score (nSPS) is 11.1. The minimum Gasteiger partial charge on any atom is -0.300 e. The fourth-order valence-electron chi connectivity index (χ4n) is 2.67. The van der Waals surface area contributed by atoms with Crippen molar-refractivity contribution in [2.75, 3.05) is 0 Å². The summed E-state index contributed by atoms with van der Waals surface area (Å²) in [5, 5.41) is 8.53. The zero-order valence-corrected chi connectivity index (χ0v) is 17.6. The summed E-state index contributed by atoms with van der Waals surface area (Å²) in [4.78, 5) is 16.9. The van der Waals surface area contributed by atoms with Crippen LogP contribution < -0.4 is 5.56 Å². The number of hydrogen-bond acceptors (Lipinski definition) is 3. The van der Waals surface area contributed by atoms with Crippen molar-refractivity contribution in [1.82, 2.24) is 24.3 Å². The maximum atomic E-state index is 12.3. The Morgan fingerprint density at radius 2 is 2.04 bits per heavy atom. The van der Waals surface area contributed by atoms with E-state index in [2.05, 4.69) is 43.8 Å². The van der Waals surface area contributed by atoms with Crippen LogP contribution in [-0.2, 0) is 7.05 Å². The van der Waals surface area contributed by atoms with Gasteiger partial charge >= 0.3 is 0 Å². The molecule has 0 aliphatic rings. The van der Waals surface area contributed by atoms with Crippen LogP contribution in [0.15, 0.2) is 17.4 Å². The van der Waals surface area contributed by atoms with Crippen LogP contribution in [0, 0.1) is 13.8 Å². The average Bonchev–Trinajstić information content (AvgIpc) is 3.06. The molecule has 0 spiro atoms. The van der Waals surface area contributed by atoms with E-state index in [4.69, 9.17) is 0 Å². The van der Waals surface area contributed by atoms with Crippen molar-refractivity contribution < 1.29 is 0 Å².